The molecule has 0 aromatic heterocycles. The number of methoxy groups -OCH3 is 1. The minimum atomic E-state index is -0.700. The van der Waals surface area contributed by atoms with Gasteiger partial charge in [-0.05, 0) is 62.8 Å². The molecule has 0 N–H and O–H groups in total. The fourth-order valence-corrected chi connectivity index (χ4v) is 5.34. The summed E-state index contributed by atoms with van der Waals surface area (Å²) < 4.78 is 5.36. The number of hydrogen-bond acceptors (Lipinski definition) is 4. The lowest BCUT2D eigenvalue weighted by atomic mass is 9.84. The topological polar surface area (TPSA) is 53.1 Å². The molecule has 2 aromatic carbocycles. The molecule has 0 saturated carbocycles. The van der Waals surface area contributed by atoms with Crippen LogP contribution in [0.3, 0.4) is 0 Å². The summed E-state index contributed by atoms with van der Waals surface area (Å²) >= 11 is 0. The Morgan fingerprint density at radius 3 is 2.36 bits per heavy atom. The van der Waals surface area contributed by atoms with Gasteiger partial charge in [0, 0.05) is 32.2 Å². The number of hydrogen-bond donors (Lipinski definition) is 0. The second-order valence-corrected chi connectivity index (χ2v) is 9.19. The lowest BCUT2D eigenvalue weighted by molar-refractivity contribution is -0.135. The molecule has 2 saturated heterocycles. The standard InChI is InChI=1S/C27H35N3O3/c1-4-29-25(31)27(30(26(29)32)16-13-22-9-6-5-7-10-22)14-17-28(18-15-27)21(2)19-23-11-8-12-24(20-23)33-3/h5-12,20-21H,4,13-19H2,1-3H3. The number of ether oxygens (including phenoxy) is 1. The van der Waals surface area contributed by atoms with Gasteiger partial charge in [0.2, 0.25) is 0 Å². The van der Waals surface area contributed by atoms with E-state index in [1.165, 1.54) is 16.0 Å². The molecule has 2 aromatic rings. The first-order valence-corrected chi connectivity index (χ1v) is 12.0. The van der Waals surface area contributed by atoms with Crippen molar-refractivity contribution in [2.75, 3.05) is 33.3 Å². The van der Waals surface area contributed by atoms with Gasteiger partial charge < -0.3 is 14.5 Å². The fourth-order valence-electron chi connectivity index (χ4n) is 5.34. The summed E-state index contributed by atoms with van der Waals surface area (Å²) in [6, 6.07) is 18.6. The molecule has 3 amide bonds. The Balaban J connectivity index is 1.45. The zero-order chi connectivity index (χ0) is 23.4. The van der Waals surface area contributed by atoms with Gasteiger partial charge in [0.05, 0.1) is 7.11 Å². The normalized spacial score (nSPS) is 19.4. The van der Waals surface area contributed by atoms with Crippen LogP contribution in [0.5, 0.6) is 5.75 Å². The highest BCUT2D eigenvalue weighted by Crippen LogP contribution is 2.38. The van der Waals surface area contributed by atoms with Crippen molar-refractivity contribution >= 4 is 11.9 Å². The van der Waals surface area contributed by atoms with Crippen LogP contribution in [0.25, 0.3) is 0 Å². The minimum absolute atomic E-state index is 0.0110. The zero-order valence-electron chi connectivity index (χ0n) is 20.0. The van der Waals surface area contributed by atoms with Crippen LogP contribution < -0.4 is 4.74 Å². The Bertz CT molecular complexity index is 970. The van der Waals surface area contributed by atoms with E-state index >= 15 is 0 Å². The van der Waals surface area contributed by atoms with Gasteiger partial charge in [-0.3, -0.25) is 9.69 Å². The van der Waals surface area contributed by atoms with Crippen LogP contribution in [0.4, 0.5) is 4.79 Å². The number of nitrogens with zero attached hydrogens (tertiary/aromatic N) is 3. The minimum Gasteiger partial charge on any atom is -0.497 e. The van der Waals surface area contributed by atoms with Gasteiger partial charge in [-0.15, -0.1) is 0 Å². The maximum Gasteiger partial charge on any atom is 0.327 e. The van der Waals surface area contributed by atoms with Gasteiger partial charge in [0.1, 0.15) is 11.3 Å². The Hall–Kier alpha value is -2.86. The summed E-state index contributed by atoms with van der Waals surface area (Å²) in [5.74, 6) is 0.865. The maximum atomic E-state index is 13.4. The van der Waals surface area contributed by atoms with E-state index in [1.807, 2.05) is 42.2 Å². The average Bonchev–Trinajstić information content (AvgIpc) is 3.03. The number of amides is 3. The van der Waals surface area contributed by atoms with Crippen LogP contribution in [-0.2, 0) is 17.6 Å². The third kappa shape index (κ3) is 4.62. The van der Waals surface area contributed by atoms with Crippen molar-refractivity contribution in [2.24, 2.45) is 0 Å². The molecule has 0 radical (unpaired) electrons. The first kappa shape index (κ1) is 23.3. The number of carbonyl (C=O) groups excluding carboxylic acids is 2. The molecule has 2 fully saturated rings. The van der Waals surface area contributed by atoms with Gasteiger partial charge in [-0.25, -0.2) is 4.79 Å². The van der Waals surface area contributed by atoms with Gasteiger partial charge in [0.15, 0.2) is 0 Å². The number of benzene rings is 2. The first-order chi connectivity index (χ1) is 16.0. The van der Waals surface area contributed by atoms with Crippen LogP contribution in [0.15, 0.2) is 54.6 Å². The van der Waals surface area contributed by atoms with E-state index in [-0.39, 0.29) is 11.9 Å². The molecular weight excluding hydrogens is 414 g/mol. The van der Waals surface area contributed by atoms with E-state index in [9.17, 15) is 9.59 Å². The number of imide groups is 1. The van der Waals surface area contributed by atoms with Crippen LogP contribution in [0.1, 0.15) is 37.8 Å². The second-order valence-electron chi connectivity index (χ2n) is 9.19. The molecule has 0 aliphatic carbocycles. The molecule has 2 aliphatic rings. The van der Waals surface area contributed by atoms with E-state index < -0.39 is 5.54 Å². The van der Waals surface area contributed by atoms with E-state index in [1.54, 1.807) is 7.11 Å². The molecule has 0 bridgehead atoms. The molecule has 33 heavy (non-hydrogen) atoms. The van der Waals surface area contributed by atoms with E-state index in [4.69, 9.17) is 4.74 Å². The van der Waals surface area contributed by atoms with Crippen molar-refractivity contribution in [1.29, 1.82) is 0 Å². The molecule has 6 nitrogen and oxygen atoms in total. The lowest BCUT2D eigenvalue weighted by Gasteiger charge is -2.44. The van der Waals surface area contributed by atoms with Crippen LogP contribution in [0, 0.1) is 0 Å². The number of likely N-dealkylation sites (tertiary alicyclic amines) is 1. The van der Waals surface area contributed by atoms with Crippen molar-refractivity contribution in [3.63, 3.8) is 0 Å². The molecule has 2 aliphatic heterocycles. The molecule has 4 rings (SSSR count). The third-order valence-corrected chi connectivity index (χ3v) is 7.32. The monoisotopic (exact) mass is 449 g/mol. The van der Waals surface area contributed by atoms with Crippen LogP contribution in [-0.4, -0.2) is 71.5 Å². The van der Waals surface area contributed by atoms with E-state index in [0.29, 0.717) is 32.0 Å². The van der Waals surface area contributed by atoms with Crippen LogP contribution in [0.2, 0.25) is 0 Å². The predicted molar refractivity (Wildman–Crippen MR) is 129 cm³/mol. The highest BCUT2D eigenvalue weighted by atomic mass is 16.5. The lowest BCUT2D eigenvalue weighted by Crippen LogP contribution is -2.58. The highest BCUT2D eigenvalue weighted by Gasteiger charge is 2.57. The largest absolute Gasteiger partial charge is 0.497 e. The molecule has 176 valence electrons. The molecule has 1 unspecified atom stereocenters. The molecular formula is C27H35N3O3. The number of carbonyl (C=O) groups is 2. The number of urea groups is 1. The summed E-state index contributed by atoms with van der Waals surface area (Å²) in [7, 11) is 1.69. The van der Waals surface area contributed by atoms with Crippen LogP contribution >= 0.6 is 0 Å². The molecule has 1 spiro atoms. The smallest absolute Gasteiger partial charge is 0.327 e. The zero-order valence-corrected chi connectivity index (χ0v) is 20.0. The molecule has 1 atom stereocenters. The van der Waals surface area contributed by atoms with E-state index in [2.05, 4.69) is 36.1 Å². The van der Waals surface area contributed by atoms with Gasteiger partial charge >= 0.3 is 6.03 Å². The Labute approximate surface area is 197 Å². The van der Waals surface area contributed by atoms with Gasteiger partial charge in [-0.2, -0.15) is 0 Å². The number of rotatable bonds is 8. The summed E-state index contributed by atoms with van der Waals surface area (Å²) in [6.45, 7) is 6.74. The summed E-state index contributed by atoms with van der Waals surface area (Å²) in [6.07, 6.45) is 3.06. The second kappa shape index (κ2) is 9.96. The first-order valence-electron chi connectivity index (χ1n) is 12.0. The Morgan fingerprint density at radius 2 is 1.70 bits per heavy atom. The van der Waals surface area contributed by atoms with E-state index in [0.717, 1.165) is 31.7 Å². The Kier molecular flexibility index (Phi) is 7.03. The Morgan fingerprint density at radius 1 is 1.00 bits per heavy atom. The summed E-state index contributed by atoms with van der Waals surface area (Å²) in [5, 5.41) is 0. The summed E-state index contributed by atoms with van der Waals surface area (Å²) in [4.78, 5) is 32.3. The third-order valence-electron chi connectivity index (χ3n) is 7.32. The number of piperidine rings is 1. The van der Waals surface area contributed by atoms with Crippen molar-refractivity contribution in [3.8, 4) is 5.75 Å². The highest BCUT2D eigenvalue weighted by molar-refractivity contribution is 6.07. The number of likely N-dealkylation sites (N-methyl/N-ethyl adjacent to an activating group) is 1. The predicted octanol–water partition coefficient (Wildman–Crippen LogP) is 3.99. The quantitative estimate of drug-likeness (QED) is 0.572. The maximum absolute atomic E-state index is 13.4. The molecule has 2 heterocycles. The van der Waals surface area contributed by atoms with Crippen molar-refractivity contribution < 1.29 is 14.3 Å². The van der Waals surface area contributed by atoms with Crippen molar-refractivity contribution in [2.45, 2.75) is 51.1 Å². The average molecular weight is 450 g/mol. The summed E-state index contributed by atoms with van der Waals surface area (Å²) in [5.41, 5.74) is 1.73. The molecule has 6 heteroatoms. The van der Waals surface area contributed by atoms with Crippen molar-refractivity contribution in [1.82, 2.24) is 14.7 Å². The SMILES string of the molecule is CCN1C(=O)N(CCc2ccccc2)C2(CCN(C(C)Cc3cccc(OC)c3)CC2)C1=O. The van der Waals surface area contributed by atoms with Crippen molar-refractivity contribution in [3.05, 3.63) is 65.7 Å². The van der Waals surface area contributed by atoms with Gasteiger partial charge in [0.25, 0.3) is 5.91 Å². The van der Waals surface area contributed by atoms with Gasteiger partial charge in [-0.1, -0.05) is 42.5 Å². The fraction of sp³-hybridized carbons (Fsp3) is 0.481.